The van der Waals surface area contributed by atoms with Gasteiger partial charge in [0.15, 0.2) is 0 Å². The summed E-state index contributed by atoms with van der Waals surface area (Å²) in [5, 5.41) is 25.6. The Labute approximate surface area is 141 Å². The molecule has 2 aromatic rings. The van der Waals surface area contributed by atoms with Crippen molar-refractivity contribution < 1.29 is 10.0 Å². The molecular formula is C18H23N3O3. The van der Waals surface area contributed by atoms with E-state index >= 15 is 0 Å². The Morgan fingerprint density at radius 1 is 1.25 bits per heavy atom. The summed E-state index contributed by atoms with van der Waals surface area (Å²) in [5.41, 5.74) is 0.946. The van der Waals surface area contributed by atoms with Gasteiger partial charge in [0.2, 0.25) is 0 Å². The smallest absolute Gasteiger partial charge is 0.278 e. The number of nitrogens with zero attached hydrogens (tertiary/aromatic N) is 2. The summed E-state index contributed by atoms with van der Waals surface area (Å²) in [6.45, 7) is 0.140. The van der Waals surface area contributed by atoms with Gasteiger partial charge in [0, 0.05) is 42.2 Å². The summed E-state index contributed by atoms with van der Waals surface area (Å²) >= 11 is 0. The second kappa shape index (κ2) is 7.57. The van der Waals surface area contributed by atoms with Crippen LogP contribution in [0.4, 0.5) is 11.4 Å². The first kappa shape index (κ1) is 16.6. The van der Waals surface area contributed by atoms with E-state index in [1.165, 1.54) is 38.2 Å². The van der Waals surface area contributed by atoms with Gasteiger partial charge in [0.05, 0.1) is 10.3 Å². The minimum absolute atomic E-state index is 0.0695. The highest BCUT2D eigenvalue weighted by molar-refractivity contribution is 5.99. The topological polar surface area (TPSA) is 88.3 Å². The summed E-state index contributed by atoms with van der Waals surface area (Å²) < 4.78 is 0. The van der Waals surface area contributed by atoms with Crippen molar-refractivity contribution in [3.8, 4) is 0 Å². The molecule has 24 heavy (non-hydrogen) atoms. The molecule has 0 spiro atoms. The molecule has 2 N–H and O–H groups in total. The Morgan fingerprint density at radius 3 is 2.75 bits per heavy atom. The van der Waals surface area contributed by atoms with Gasteiger partial charge < -0.3 is 10.4 Å². The maximum Gasteiger partial charge on any atom is 0.278 e. The van der Waals surface area contributed by atoms with Crippen molar-refractivity contribution in [2.24, 2.45) is 5.92 Å². The number of benzene rings is 1. The second-order valence-electron chi connectivity index (χ2n) is 6.47. The number of hydrogen-bond donors (Lipinski definition) is 2. The molecule has 0 bridgehead atoms. The highest BCUT2D eigenvalue weighted by Crippen LogP contribution is 2.34. The molecule has 0 saturated heterocycles. The van der Waals surface area contributed by atoms with E-state index in [0.29, 0.717) is 17.7 Å². The molecule has 0 unspecified atom stereocenters. The summed E-state index contributed by atoms with van der Waals surface area (Å²) in [4.78, 5) is 14.9. The molecule has 6 nitrogen and oxygen atoms in total. The fraction of sp³-hybridized carbons (Fsp3) is 0.500. The first-order valence-corrected chi connectivity index (χ1v) is 8.59. The standard InChI is InChI=1S/C18H23N3O3/c22-11-9-16(13-4-2-1-3-5-13)20-17-6-7-18(21(23)24)15-12-19-10-8-14(15)17/h6-8,10,12-13,16,20,22H,1-5,9,11H2/t16-/m0/s1. The normalized spacial score (nSPS) is 16.9. The monoisotopic (exact) mass is 329 g/mol. The van der Waals surface area contributed by atoms with Crippen LogP contribution in [0.2, 0.25) is 0 Å². The van der Waals surface area contributed by atoms with Crippen LogP contribution in [0.25, 0.3) is 10.8 Å². The Balaban J connectivity index is 1.93. The van der Waals surface area contributed by atoms with Gasteiger partial charge in [-0.1, -0.05) is 19.3 Å². The Morgan fingerprint density at radius 2 is 2.04 bits per heavy atom. The van der Waals surface area contributed by atoms with Crippen molar-refractivity contribution in [2.45, 2.75) is 44.6 Å². The van der Waals surface area contributed by atoms with E-state index in [9.17, 15) is 15.2 Å². The van der Waals surface area contributed by atoms with E-state index in [1.54, 1.807) is 18.5 Å². The summed E-state index contributed by atoms with van der Waals surface area (Å²) in [7, 11) is 0. The average molecular weight is 329 g/mol. The molecule has 0 amide bonds. The minimum Gasteiger partial charge on any atom is -0.396 e. The average Bonchev–Trinajstić information content (AvgIpc) is 2.62. The van der Waals surface area contributed by atoms with Crippen LogP contribution in [0.1, 0.15) is 38.5 Å². The molecule has 1 saturated carbocycles. The Kier molecular flexibility index (Phi) is 5.25. The van der Waals surface area contributed by atoms with Crippen LogP contribution in [0.3, 0.4) is 0 Å². The molecular weight excluding hydrogens is 306 g/mol. The zero-order valence-corrected chi connectivity index (χ0v) is 13.6. The lowest BCUT2D eigenvalue weighted by Gasteiger charge is -2.31. The van der Waals surface area contributed by atoms with Crippen LogP contribution in [-0.4, -0.2) is 27.7 Å². The molecule has 1 aromatic heterocycles. The predicted octanol–water partition coefficient (Wildman–Crippen LogP) is 3.89. The molecule has 6 heteroatoms. The van der Waals surface area contributed by atoms with Gasteiger partial charge in [-0.15, -0.1) is 0 Å². The minimum atomic E-state index is -0.375. The van der Waals surface area contributed by atoms with Crippen molar-refractivity contribution in [3.63, 3.8) is 0 Å². The number of aliphatic hydroxyl groups is 1. The van der Waals surface area contributed by atoms with E-state index < -0.39 is 0 Å². The van der Waals surface area contributed by atoms with Crippen LogP contribution in [0, 0.1) is 16.0 Å². The van der Waals surface area contributed by atoms with Crippen LogP contribution in [-0.2, 0) is 0 Å². The number of pyridine rings is 1. The lowest BCUT2D eigenvalue weighted by Crippen LogP contribution is -2.31. The third-order valence-corrected chi connectivity index (χ3v) is 4.99. The van der Waals surface area contributed by atoms with Crippen molar-refractivity contribution in [1.82, 2.24) is 4.98 Å². The molecule has 1 heterocycles. The summed E-state index contributed by atoms with van der Waals surface area (Å²) in [5.74, 6) is 0.540. The third kappa shape index (κ3) is 3.48. The number of rotatable bonds is 6. The number of nitro groups is 1. The van der Waals surface area contributed by atoms with Crippen molar-refractivity contribution in [1.29, 1.82) is 0 Å². The molecule has 1 atom stereocenters. The quantitative estimate of drug-likeness (QED) is 0.620. The molecule has 3 rings (SSSR count). The maximum atomic E-state index is 11.2. The van der Waals surface area contributed by atoms with Gasteiger partial charge in [-0.05, 0) is 37.3 Å². The number of anilines is 1. The van der Waals surface area contributed by atoms with Gasteiger partial charge >= 0.3 is 0 Å². The lowest BCUT2D eigenvalue weighted by atomic mass is 9.82. The molecule has 1 aliphatic carbocycles. The van der Waals surface area contributed by atoms with Crippen LogP contribution in [0.5, 0.6) is 0 Å². The van der Waals surface area contributed by atoms with Gasteiger partial charge in [0.25, 0.3) is 5.69 Å². The first-order chi connectivity index (χ1) is 11.7. The van der Waals surface area contributed by atoms with E-state index in [4.69, 9.17) is 0 Å². The molecule has 1 aliphatic rings. The molecule has 1 fully saturated rings. The van der Waals surface area contributed by atoms with Gasteiger partial charge in [-0.25, -0.2) is 0 Å². The summed E-state index contributed by atoms with van der Waals surface area (Å²) in [6, 6.07) is 5.30. The number of nitro benzene ring substituents is 1. The summed E-state index contributed by atoms with van der Waals surface area (Å²) in [6.07, 6.45) is 9.98. The van der Waals surface area contributed by atoms with E-state index in [0.717, 1.165) is 11.1 Å². The fourth-order valence-corrected chi connectivity index (χ4v) is 3.76. The van der Waals surface area contributed by atoms with Crippen LogP contribution < -0.4 is 5.32 Å². The maximum absolute atomic E-state index is 11.2. The zero-order chi connectivity index (χ0) is 16.9. The van der Waals surface area contributed by atoms with Crippen LogP contribution in [0.15, 0.2) is 30.6 Å². The molecule has 128 valence electrons. The number of nitrogens with one attached hydrogen (secondary N) is 1. The number of aliphatic hydroxyl groups excluding tert-OH is 1. The predicted molar refractivity (Wildman–Crippen MR) is 94.1 cm³/mol. The zero-order valence-electron chi connectivity index (χ0n) is 13.6. The fourth-order valence-electron chi connectivity index (χ4n) is 3.76. The van der Waals surface area contributed by atoms with Crippen molar-refractivity contribution in [3.05, 3.63) is 40.7 Å². The van der Waals surface area contributed by atoms with Gasteiger partial charge in [-0.3, -0.25) is 15.1 Å². The number of hydrogen-bond acceptors (Lipinski definition) is 5. The first-order valence-electron chi connectivity index (χ1n) is 8.59. The third-order valence-electron chi connectivity index (χ3n) is 4.99. The van der Waals surface area contributed by atoms with Crippen LogP contribution >= 0.6 is 0 Å². The largest absolute Gasteiger partial charge is 0.396 e. The van der Waals surface area contributed by atoms with E-state index in [2.05, 4.69) is 10.3 Å². The second-order valence-corrected chi connectivity index (χ2v) is 6.47. The molecule has 0 radical (unpaired) electrons. The number of non-ortho nitro benzene ring substituents is 1. The Bertz CT molecular complexity index is 714. The lowest BCUT2D eigenvalue weighted by molar-refractivity contribution is -0.383. The highest BCUT2D eigenvalue weighted by Gasteiger charge is 2.24. The Hall–Kier alpha value is -2.21. The molecule has 1 aromatic carbocycles. The SMILES string of the molecule is O=[N+]([O-])c1ccc(N[C@@H](CCO)C2CCCCC2)c2ccncc12. The van der Waals surface area contributed by atoms with Gasteiger partial charge in [0.1, 0.15) is 0 Å². The van der Waals surface area contributed by atoms with E-state index in [-0.39, 0.29) is 23.3 Å². The van der Waals surface area contributed by atoms with Gasteiger partial charge in [-0.2, -0.15) is 0 Å². The molecule has 0 aliphatic heterocycles. The number of fused-ring (bicyclic) bond motifs is 1. The number of aromatic nitrogens is 1. The van der Waals surface area contributed by atoms with Crippen molar-refractivity contribution >= 4 is 22.1 Å². The van der Waals surface area contributed by atoms with Crippen molar-refractivity contribution in [2.75, 3.05) is 11.9 Å². The highest BCUT2D eigenvalue weighted by atomic mass is 16.6. The van der Waals surface area contributed by atoms with E-state index in [1.807, 2.05) is 6.07 Å².